The summed E-state index contributed by atoms with van der Waals surface area (Å²) in [6.07, 6.45) is 2.01. The van der Waals surface area contributed by atoms with Crippen molar-refractivity contribution in [3.05, 3.63) is 60.1 Å². The number of thiazole rings is 1. The third kappa shape index (κ3) is 3.82. The van der Waals surface area contributed by atoms with Gasteiger partial charge >= 0.3 is 6.03 Å². The van der Waals surface area contributed by atoms with Crippen LogP contribution in [0.5, 0.6) is 0 Å². The molecule has 0 atom stereocenters. The van der Waals surface area contributed by atoms with Gasteiger partial charge in [-0.3, -0.25) is 9.72 Å². The van der Waals surface area contributed by atoms with Crippen molar-refractivity contribution < 1.29 is 9.32 Å². The molecule has 4 aromatic heterocycles. The number of carbonyl (C=O) groups excluding carboxylic acids is 1. The smallest absolute Gasteiger partial charge is 0.324 e. The summed E-state index contributed by atoms with van der Waals surface area (Å²) in [4.78, 5) is 23.5. The number of amides is 2. The lowest BCUT2D eigenvalue weighted by molar-refractivity contribution is 0.262. The molecule has 0 saturated carbocycles. The summed E-state index contributed by atoms with van der Waals surface area (Å²) < 4.78 is 7.35. The highest BCUT2D eigenvalue weighted by Crippen LogP contribution is 2.29. The number of imidazole rings is 1. The summed E-state index contributed by atoms with van der Waals surface area (Å²) in [5.41, 5.74) is 4.36. The zero-order chi connectivity index (χ0) is 22.5. The average Bonchev–Trinajstić information content (AvgIpc) is 3.42. The zero-order valence-corrected chi connectivity index (χ0v) is 18.9. The highest BCUT2D eigenvalue weighted by Gasteiger charge is 2.20. The first-order valence-corrected chi connectivity index (χ1v) is 11.0. The minimum Gasteiger partial charge on any atom is -0.359 e. The van der Waals surface area contributed by atoms with Crippen molar-refractivity contribution in [2.75, 3.05) is 10.6 Å². The van der Waals surface area contributed by atoms with Gasteiger partial charge in [0.1, 0.15) is 10.6 Å². The van der Waals surface area contributed by atoms with Gasteiger partial charge in [0.15, 0.2) is 10.8 Å². The van der Waals surface area contributed by atoms with E-state index in [1.807, 2.05) is 64.2 Å². The molecule has 5 aromatic rings. The first-order chi connectivity index (χ1) is 15.3. The monoisotopic (exact) mass is 446 g/mol. The van der Waals surface area contributed by atoms with E-state index in [4.69, 9.17) is 9.51 Å². The Kier molecular flexibility index (Phi) is 4.70. The van der Waals surface area contributed by atoms with Crippen LogP contribution in [0, 0.1) is 6.92 Å². The number of carbonyl (C=O) groups is 1. The Labute approximate surface area is 188 Å². The summed E-state index contributed by atoms with van der Waals surface area (Å²) in [6.45, 7) is 8.03. The molecule has 2 N–H and O–H groups in total. The third-order valence-corrected chi connectivity index (χ3v) is 5.99. The van der Waals surface area contributed by atoms with Crippen LogP contribution >= 0.6 is 11.3 Å². The predicted molar refractivity (Wildman–Crippen MR) is 126 cm³/mol. The van der Waals surface area contributed by atoms with Crippen LogP contribution < -0.4 is 10.6 Å². The van der Waals surface area contributed by atoms with E-state index in [1.54, 1.807) is 17.4 Å². The summed E-state index contributed by atoms with van der Waals surface area (Å²) in [5, 5.41) is 9.39. The van der Waals surface area contributed by atoms with E-state index in [0.29, 0.717) is 17.3 Å². The number of pyridine rings is 1. The Morgan fingerprint density at radius 2 is 1.84 bits per heavy atom. The van der Waals surface area contributed by atoms with Crippen molar-refractivity contribution in [1.29, 1.82) is 0 Å². The largest absolute Gasteiger partial charge is 0.359 e. The predicted octanol–water partition coefficient (Wildman–Crippen LogP) is 5.85. The summed E-state index contributed by atoms with van der Waals surface area (Å²) in [6, 6.07) is 13.0. The Morgan fingerprint density at radius 3 is 2.56 bits per heavy atom. The van der Waals surface area contributed by atoms with Crippen molar-refractivity contribution in [2.24, 2.45) is 0 Å². The second-order valence-corrected chi connectivity index (χ2v) is 9.60. The number of aryl methyl sites for hydroxylation is 1. The maximum absolute atomic E-state index is 12.3. The molecule has 0 fully saturated rings. The molecule has 0 saturated heterocycles. The highest BCUT2D eigenvalue weighted by atomic mass is 32.1. The van der Waals surface area contributed by atoms with Crippen molar-refractivity contribution in [3.8, 4) is 11.3 Å². The van der Waals surface area contributed by atoms with Crippen LogP contribution in [0.15, 0.2) is 53.2 Å². The lowest BCUT2D eigenvalue weighted by Crippen LogP contribution is -2.19. The van der Waals surface area contributed by atoms with Gasteiger partial charge in [-0.05, 0) is 31.2 Å². The average molecular weight is 447 g/mol. The van der Waals surface area contributed by atoms with E-state index in [-0.39, 0.29) is 11.4 Å². The summed E-state index contributed by atoms with van der Waals surface area (Å²) in [5.74, 6) is 1.08. The van der Waals surface area contributed by atoms with Gasteiger partial charge in [-0.15, -0.1) is 0 Å². The first kappa shape index (κ1) is 20.2. The normalized spacial score (nSPS) is 11.9. The number of aromatic nitrogens is 4. The molecular weight excluding hydrogens is 424 g/mol. The molecule has 9 heteroatoms. The van der Waals surface area contributed by atoms with Gasteiger partial charge in [0.25, 0.3) is 0 Å². The van der Waals surface area contributed by atoms with E-state index < -0.39 is 0 Å². The number of fused-ring (bicyclic) bond motifs is 3. The van der Waals surface area contributed by atoms with Crippen molar-refractivity contribution in [1.82, 2.24) is 19.5 Å². The number of urea groups is 1. The molecule has 4 heterocycles. The van der Waals surface area contributed by atoms with Gasteiger partial charge < -0.3 is 9.84 Å². The van der Waals surface area contributed by atoms with Gasteiger partial charge in [0.05, 0.1) is 11.2 Å². The van der Waals surface area contributed by atoms with Crippen LogP contribution in [0.1, 0.15) is 32.2 Å². The fourth-order valence-corrected chi connectivity index (χ4v) is 4.33. The van der Waals surface area contributed by atoms with Crippen molar-refractivity contribution in [2.45, 2.75) is 33.1 Å². The zero-order valence-electron chi connectivity index (χ0n) is 18.1. The summed E-state index contributed by atoms with van der Waals surface area (Å²) >= 11 is 1.57. The minimum atomic E-state index is -0.386. The maximum atomic E-state index is 12.3. The molecule has 0 aliphatic heterocycles. The fourth-order valence-electron chi connectivity index (χ4n) is 3.31. The Morgan fingerprint density at radius 1 is 1.06 bits per heavy atom. The molecule has 0 unspecified atom stereocenters. The molecule has 0 radical (unpaired) electrons. The number of rotatable bonds is 3. The number of nitrogens with one attached hydrogen (secondary N) is 2. The van der Waals surface area contributed by atoms with E-state index >= 15 is 0 Å². The minimum absolute atomic E-state index is 0.178. The Hall–Kier alpha value is -3.72. The van der Waals surface area contributed by atoms with Crippen LogP contribution in [0.3, 0.4) is 0 Å². The fraction of sp³-hybridized carbons (Fsp3) is 0.217. The lowest BCUT2D eigenvalue weighted by Gasteiger charge is -2.12. The molecular formula is C23H22N6O2S. The number of hydrogen-bond donors (Lipinski definition) is 2. The Balaban J connectivity index is 1.29. The molecule has 5 rings (SSSR count). The highest BCUT2D eigenvalue weighted by molar-refractivity contribution is 7.23. The lowest BCUT2D eigenvalue weighted by atomic mass is 9.93. The molecule has 0 bridgehead atoms. The van der Waals surface area contributed by atoms with Crippen LogP contribution in [0.4, 0.5) is 16.3 Å². The van der Waals surface area contributed by atoms with Crippen LogP contribution in [0.25, 0.3) is 26.6 Å². The SMILES string of the molecule is Cc1ccc2c(n1)sc1nc(-c3ccc(NC(=O)Nc4cc(C(C)(C)C)on4)cc3)cn12. The molecule has 0 spiro atoms. The quantitative estimate of drug-likeness (QED) is 0.362. The van der Waals surface area contributed by atoms with E-state index in [9.17, 15) is 4.79 Å². The number of nitrogens with zero attached hydrogens (tertiary/aromatic N) is 4. The molecule has 0 aliphatic rings. The molecule has 1 aromatic carbocycles. The van der Waals surface area contributed by atoms with E-state index in [2.05, 4.69) is 31.2 Å². The van der Waals surface area contributed by atoms with Gasteiger partial charge in [0, 0.05) is 34.6 Å². The Bertz CT molecular complexity index is 1440. The van der Waals surface area contributed by atoms with Gasteiger partial charge in [-0.25, -0.2) is 14.8 Å². The second-order valence-electron chi connectivity index (χ2n) is 8.64. The number of hydrogen-bond acceptors (Lipinski definition) is 6. The summed E-state index contributed by atoms with van der Waals surface area (Å²) in [7, 11) is 0. The molecule has 2 amide bonds. The van der Waals surface area contributed by atoms with Gasteiger partial charge in [0.2, 0.25) is 0 Å². The van der Waals surface area contributed by atoms with Crippen LogP contribution in [-0.2, 0) is 5.41 Å². The standard InChI is InChI=1S/C23H22N6O2S/c1-13-5-10-17-20(24-13)32-22-26-16(12-29(17)22)14-6-8-15(9-7-14)25-21(30)27-19-11-18(31-28-19)23(2,3)4/h5-12H,1-4H3,(H2,25,27,28,30). The molecule has 32 heavy (non-hydrogen) atoms. The number of anilines is 2. The molecule has 0 aliphatic carbocycles. The van der Waals surface area contributed by atoms with Crippen LogP contribution in [0.2, 0.25) is 0 Å². The first-order valence-electron chi connectivity index (χ1n) is 10.2. The van der Waals surface area contributed by atoms with E-state index in [1.165, 1.54) is 0 Å². The third-order valence-electron chi connectivity index (χ3n) is 5.03. The van der Waals surface area contributed by atoms with Crippen molar-refractivity contribution in [3.63, 3.8) is 0 Å². The maximum Gasteiger partial charge on any atom is 0.324 e. The topological polar surface area (TPSA) is 97.3 Å². The number of benzene rings is 1. The van der Waals surface area contributed by atoms with E-state index in [0.717, 1.165) is 32.3 Å². The second kappa shape index (κ2) is 7.45. The van der Waals surface area contributed by atoms with Gasteiger partial charge in [-0.2, -0.15) is 0 Å². The van der Waals surface area contributed by atoms with Gasteiger partial charge in [-0.1, -0.05) is 49.4 Å². The molecule has 8 nitrogen and oxygen atoms in total. The van der Waals surface area contributed by atoms with Crippen molar-refractivity contribution >= 4 is 44.2 Å². The molecule has 162 valence electrons. The van der Waals surface area contributed by atoms with Crippen LogP contribution in [-0.4, -0.2) is 25.6 Å².